The summed E-state index contributed by atoms with van der Waals surface area (Å²) in [7, 11) is 3.42. The molecule has 0 aliphatic rings. The second-order valence-electron chi connectivity index (χ2n) is 4.23. The highest BCUT2D eigenvalue weighted by Crippen LogP contribution is 2.28. The number of imidazole rings is 1. The van der Waals surface area contributed by atoms with Crippen LogP contribution in [0.1, 0.15) is 0 Å². The van der Waals surface area contributed by atoms with Gasteiger partial charge in [-0.1, -0.05) is 0 Å². The molecular formula is C13H14N6OS. The number of nitrogen functional groups attached to an aromatic ring is 1. The van der Waals surface area contributed by atoms with Crippen molar-refractivity contribution in [3.8, 4) is 5.75 Å². The first-order chi connectivity index (χ1) is 10.2. The first kappa shape index (κ1) is 13.5. The Morgan fingerprint density at radius 1 is 1.24 bits per heavy atom. The molecule has 0 unspecified atom stereocenters. The highest BCUT2D eigenvalue weighted by molar-refractivity contribution is 7.99. The maximum Gasteiger partial charge on any atom is 0.223 e. The Hall–Kier alpha value is -2.48. The van der Waals surface area contributed by atoms with Crippen LogP contribution in [-0.2, 0) is 0 Å². The number of anilines is 2. The van der Waals surface area contributed by atoms with Crippen molar-refractivity contribution in [2.75, 3.05) is 25.2 Å². The van der Waals surface area contributed by atoms with Crippen LogP contribution in [0.2, 0.25) is 0 Å². The van der Waals surface area contributed by atoms with Crippen molar-refractivity contribution < 1.29 is 4.74 Å². The molecule has 3 aromatic rings. The van der Waals surface area contributed by atoms with Crippen LogP contribution >= 0.6 is 11.8 Å². The van der Waals surface area contributed by atoms with E-state index < -0.39 is 0 Å². The molecule has 0 amide bonds. The summed E-state index contributed by atoms with van der Waals surface area (Å²) in [5, 5.41) is 4.40. The van der Waals surface area contributed by atoms with Gasteiger partial charge in [-0.05, 0) is 23.9 Å². The Labute approximate surface area is 125 Å². The van der Waals surface area contributed by atoms with Crippen LogP contribution in [0, 0.1) is 0 Å². The molecule has 0 aliphatic carbocycles. The van der Waals surface area contributed by atoms with Gasteiger partial charge in [-0.25, -0.2) is 9.97 Å². The summed E-state index contributed by atoms with van der Waals surface area (Å²) in [5.41, 5.74) is 7.46. The average Bonchev–Trinajstić information content (AvgIpc) is 2.87. The Morgan fingerprint density at radius 3 is 2.86 bits per heavy atom. The number of nitrogens with two attached hydrogens (primary N) is 1. The van der Waals surface area contributed by atoms with E-state index >= 15 is 0 Å². The third-order valence-electron chi connectivity index (χ3n) is 2.84. The largest absolute Gasteiger partial charge is 0.497 e. The molecule has 2 aromatic heterocycles. The topological polar surface area (TPSA) is 102 Å². The van der Waals surface area contributed by atoms with E-state index in [2.05, 4.69) is 25.3 Å². The Bertz CT molecular complexity index is 787. The van der Waals surface area contributed by atoms with Gasteiger partial charge in [0.1, 0.15) is 16.6 Å². The zero-order valence-corrected chi connectivity index (χ0v) is 12.4. The SMILES string of the molecule is CNc1cc(Sc2nc3ccc(OC)cc3[nH]2)nc(N)n1. The van der Waals surface area contributed by atoms with E-state index in [9.17, 15) is 0 Å². The molecular weight excluding hydrogens is 288 g/mol. The number of aromatic amines is 1. The minimum absolute atomic E-state index is 0.224. The minimum Gasteiger partial charge on any atom is -0.497 e. The first-order valence-corrected chi connectivity index (χ1v) is 7.03. The Kier molecular flexibility index (Phi) is 3.53. The standard InChI is InChI=1S/C13H14N6OS/c1-15-10-6-11(19-12(14)18-10)21-13-16-8-4-3-7(20-2)5-9(8)17-13/h3-6H,1-2H3,(H,16,17)(H3,14,15,18,19). The lowest BCUT2D eigenvalue weighted by atomic mass is 10.3. The third kappa shape index (κ3) is 2.84. The van der Waals surface area contributed by atoms with Gasteiger partial charge in [-0.2, -0.15) is 4.98 Å². The number of hydrogen-bond acceptors (Lipinski definition) is 7. The van der Waals surface area contributed by atoms with Gasteiger partial charge in [0.05, 0.1) is 18.1 Å². The van der Waals surface area contributed by atoms with Gasteiger partial charge in [0.25, 0.3) is 0 Å². The van der Waals surface area contributed by atoms with Crippen molar-refractivity contribution in [2.24, 2.45) is 0 Å². The second-order valence-corrected chi connectivity index (χ2v) is 5.24. The lowest BCUT2D eigenvalue weighted by molar-refractivity contribution is 0.415. The summed E-state index contributed by atoms with van der Waals surface area (Å²) in [6, 6.07) is 7.50. The van der Waals surface area contributed by atoms with Crippen molar-refractivity contribution in [1.29, 1.82) is 0 Å². The zero-order chi connectivity index (χ0) is 14.8. The average molecular weight is 302 g/mol. The van der Waals surface area contributed by atoms with E-state index in [1.807, 2.05) is 24.3 Å². The summed E-state index contributed by atoms with van der Waals surface area (Å²) in [6.07, 6.45) is 0. The van der Waals surface area contributed by atoms with Crippen LogP contribution < -0.4 is 15.8 Å². The number of rotatable bonds is 4. The molecule has 0 radical (unpaired) electrons. The maximum atomic E-state index is 5.68. The summed E-state index contributed by atoms with van der Waals surface area (Å²) >= 11 is 1.39. The molecule has 0 aliphatic heterocycles. The first-order valence-electron chi connectivity index (χ1n) is 6.22. The predicted molar refractivity (Wildman–Crippen MR) is 82.8 cm³/mol. The third-order valence-corrected chi connectivity index (χ3v) is 3.65. The summed E-state index contributed by atoms with van der Waals surface area (Å²) < 4.78 is 5.20. The monoisotopic (exact) mass is 302 g/mol. The van der Waals surface area contributed by atoms with Gasteiger partial charge in [-0.15, -0.1) is 0 Å². The van der Waals surface area contributed by atoms with E-state index in [1.54, 1.807) is 14.2 Å². The van der Waals surface area contributed by atoms with Gasteiger partial charge in [0.2, 0.25) is 5.95 Å². The van der Waals surface area contributed by atoms with Gasteiger partial charge in [-0.3, -0.25) is 0 Å². The van der Waals surface area contributed by atoms with Crippen LogP contribution in [0.15, 0.2) is 34.4 Å². The van der Waals surface area contributed by atoms with Crippen LogP contribution in [0.4, 0.5) is 11.8 Å². The fourth-order valence-corrected chi connectivity index (χ4v) is 2.68. The van der Waals surface area contributed by atoms with E-state index in [0.29, 0.717) is 5.82 Å². The molecule has 21 heavy (non-hydrogen) atoms. The van der Waals surface area contributed by atoms with Crippen molar-refractivity contribution in [1.82, 2.24) is 19.9 Å². The van der Waals surface area contributed by atoms with Crippen molar-refractivity contribution in [3.05, 3.63) is 24.3 Å². The molecule has 8 heteroatoms. The second kappa shape index (κ2) is 5.49. The van der Waals surface area contributed by atoms with Crippen LogP contribution in [0.3, 0.4) is 0 Å². The number of ether oxygens (including phenoxy) is 1. The number of hydrogen-bond donors (Lipinski definition) is 3. The fraction of sp³-hybridized carbons (Fsp3) is 0.154. The van der Waals surface area contributed by atoms with Crippen molar-refractivity contribution >= 4 is 34.6 Å². The van der Waals surface area contributed by atoms with Crippen molar-refractivity contribution in [3.63, 3.8) is 0 Å². The molecule has 7 nitrogen and oxygen atoms in total. The van der Waals surface area contributed by atoms with Gasteiger partial charge >= 0.3 is 0 Å². The fourth-order valence-electron chi connectivity index (χ4n) is 1.86. The van der Waals surface area contributed by atoms with Crippen LogP contribution in [0.5, 0.6) is 5.75 Å². The van der Waals surface area contributed by atoms with Gasteiger partial charge < -0.3 is 20.8 Å². The molecule has 0 spiro atoms. The van der Waals surface area contributed by atoms with E-state index in [0.717, 1.165) is 27.0 Å². The Morgan fingerprint density at radius 2 is 2.10 bits per heavy atom. The normalized spacial score (nSPS) is 10.8. The molecule has 108 valence electrons. The van der Waals surface area contributed by atoms with Gasteiger partial charge in [0.15, 0.2) is 5.16 Å². The number of fused-ring (bicyclic) bond motifs is 1. The summed E-state index contributed by atoms with van der Waals surface area (Å²) in [5.74, 6) is 1.68. The molecule has 2 heterocycles. The zero-order valence-electron chi connectivity index (χ0n) is 11.5. The highest BCUT2D eigenvalue weighted by atomic mass is 32.2. The molecule has 1 aromatic carbocycles. The van der Waals surface area contributed by atoms with Crippen molar-refractivity contribution in [2.45, 2.75) is 10.2 Å². The lowest BCUT2D eigenvalue weighted by Crippen LogP contribution is -2.00. The van der Waals surface area contributed by atoms with Gasteiger partial charge in [0, 0.05) is 19.2 Å². The van der Waals surface area contributed by atoms with Crippen LogP contribution in [-0.4, -0.2) is 34.1 Å². The van der Waals surface area contributed by atoms with E-state index in [1.165, 1.54) is 11.8 Å². The van der Waals surface area contributed by atoms with Crippen LogP contribution in [0.25, 0.3) is 11.0 Å². The quantitative estimate of drug-likeness (QED) is 0.634. The molecule has 4 N–H and O–H groups in total. The number of H-pyrrole nitrogens is 1. The van der Waals surface area contributed by atoms with E-state index in [4.69, 9.17) is 10.5 Å². The number of aromatic nitrogens is 4. The number of nitrogens with zero attached hydrogens (tertiary/aromatic N) is 3. The number of benzene rings is 1. The summed E-state index contributed by atoms with van der Waals surface area (Å²) in [6.45, 7) is 0. The Balaban J connectivity index is 1.92. The molecule has 0 saturated heterocycles. The maximum absolute atomic E-state index is 5.68. The summed E-state index contributed by atoms with van der Waals surface area (Å²) in [4.78, 5) is 16.0. The molecule has 0 saturated carbocycles. The predicted octanol–water partition coefficient (Wildman–Crippen LogP) is 2.14. The molecule has 0 atom stereocenters. The highest BCUT2D eigenvalue weighted by Gasteiger charge is 2.08. The smallest absolute Gasteiger partial charge is 0.223 e. The van der Waals surface area contributed by atoms with E-state index in [-0.39, 0.29) is 5.95 Å². The molecule has 0 bridgehead atoms. The number of nitrogens with one attached hydrogen (secondary N) is 2. The molecule has 0 fully saturated rings. The number of methoxy groups -OCH3 is 1. The lowest BCUT2D eigenvalue weighted by Gasteiger charge is -2.03. The molecule has 3 rings (SSSR count). The minimum atomic E-state index is 0.224.